The van der Waals surface area contributed by atoms with Crippen LogP contribution >= 0.6 is 0 Å². The zero-order valence-corrected chi connectivity index (χ0v) is 10.3. The summed E-state index contributed by atoms with van der Waals surface area (Å²) in [7, 11) is 0. The summed E-state index contributed by atoms with van der Waals surface area (Å²) in [5.74, 6) is 2.03. The molecule has 0 unspecified atom stereocenters. The minimum absolute atomic E-state index is 0.585. The Morgan fingerprint density at radius 3 is 2.12 bits per heavy atom. The molecular weight excluding hydrogens is 198 g/mol. The Bertz CT molecular complexity index is 205. The summed E-state index contributed by atoms with van der Waals surface area (Å²) in [4.78, 5) is 0. The molecule has 2 nitrogen and oxygen atoms in total. The third-order valence-corrected chi connectivity index (χ3v) is 4.40. The summed E-state index contributed by atoms with van der Waals surface area (Å²) in [6.07, 6.45) is 11.8. The van der Waals surface area contributed by atoms with Crippen LogP contribution in [0.15, 0.2) is 0 Å². The highest BCUT2D eigenvalue weighted by Crippen LogP contribution is 2.44. The molecule has 0 heterocycles. The van der Waals surface area contributed by atoms with Gasteiger partial charge in [-0.15, -0.1) is 0 Å². The van der Waals surface area contributed by atoms with Crippen molar-refractivity contribution in [2.24, 2.45) is 11.8 Å². The SMILES string of the molecule is C1CCC(OCCNC(C2CC2)C2CC2)C1. The van der Waals surface area contributed by atoms with Gasteiger partial charge >= 0.3 is 0 Å². The normalized spacial score (nSPS) is 26.8. The van der Waals surface area contributed by atoms with Crippen LogP contribution in [0.4, 0.5) is 0 Å². The van der Waals surface area contributed by atoms with Crippen LogP contribution in [-0.2, 0) is 4.74 Å². The van der Waals surface area contributed by atoms with Crippen molar-refractivity contribution in [3.8, 4) is 0 Å². The summed E-state index contributed by atoms with van der Waals surface area (Å²) >= 11 is 0. The zero-order chi connectivity index (χ0) is 10.8. The van der Waals surface area contributed by atoms with Gasteiger partial charge in [-0.2, -0.15) is 0 Å². The molecule has 3 fully saturated rings. The first-order chi connectivity index (χ1) is 7.93. The Morgan fingerprint density at radius 1 is 0.938 bits per heavy atom. The van der Waals surface area contributed by atoms with Crippen molar-refractivity contribution in [3.05, 3.63) is 0 Å². The molecule has 0 bridgehead atoms. The van der Waals surface area contributed by atoms with Gasteiger partial charge in [-0.1, -0.05) is 12.8 Å². The molecule has 3 aliphatic carbocycles. The molecule has 0 aromatic carbocycles. The first kappa shape index (κ1) is 11.0. The fraction of sp³-hybridized carbons (Fsp3) is 1.00. The molecule has 3 rings (SSSR count). The number of hydrogen-bond donors (Lipinski definition) is 1. The molecule has 0 amide bonds. The maximum absolute atomic E-state index is 5.89. The van der Waals surface area contributed by atoms with E-state index in [4.69, 9.17) is 4.74 Å². The molecule has 92 valence electrons. The first-order valence-corrected chi connectivity index (χ1v) is 7.28. The summed E-state index contributed by atoms with van der Waals surface area (Å²) < 4.78 is 5.89. The smallest absolute Gasteiger partial charge is 0.0594 e. The van der Waals surface area contributed by atoms with Gasteiger partial charge in [-0.25, -0.2) is 0 Å². The summed E-state index contributed by atoms with van der Waals surface area (Å²) in [5, 5.41) is 3.74. The van der Waals surface area contributed by atoms with Crippen molar-refractivity contribution in [1.82, 2.24) is 5.32 Å². The first-order valence-electron chi connectivity index (χ1n) is 7.28. The predicted molar refractivity (Wildman–Crippen MR) is 65.4 cm³/mol. The highest BCUT2D eigenvalue weighted by Gasteiger charge is 2.40. The molecule has 0 aliphatic heterocycles. The van der Waals surface area contributed by atoms with Gasteiger partial charge in [0.2, 0.25) is 0 Å². The van der Waals surface area contributed by atoms with Crippen LogP contribution in [0.25, 0.3) is 0 Å². The Labute approximate surface area is 99.1 Å². The number of nitrogens with one attached hydrogen (secondary N) is 1. The molecule has 0 aromatic heterocycles. The Balaban J connectivity index is 1.29. The van der Waals surface area contributed by atoms with E-state index in [9.17, 15) is 0 Å². The molecule has 0 spiro atoms. The second-order valence-corrected chi connectivity index (χ2v) is 5.93. The van der Waals surface area contributed by atoms with Crippen LogP contribution < -0.4 is 5.32 Å². The predicted octanol–water partition coefficient (Wildman–Crippen LogP) is 2.72. The number of ether oxygens (including phenoxy) is 1. The van der Waals surface area contributed by atoms with E-state index in [1.54, 1.807) is 0 Å². The van der Waals surface area contributed by atoms with E-state index < -0.39 is 0 Å². The molecule has 2 heteroatoms. The van der Waals surface area contributed by atoms with Gasteiger partial charge in [0.05, 0.1) is 12.7 Å². The number of hydrogen-bond acceptors (Lipinski definition) is 2. The molecule has 16 heavy (non-hydrogen) atoms. The van der Waals surface area contributed by atoms with Crippen molar-refractivity contribution in [2.75, 3.05) is 13.2 Å². The van der Waals surface area contributed by atoms with Gasteiger partial charge in [0.15, 0.2) is 0 Å². The van der Waals surface area contributed by atoms with Gasteiger partial charge < -0.3 is 10.1 Å². The molecule has 0 saturated heterocycles. The second kappa shape index (κ2) is 5.05. The molecule has 3 aliphatic rings. The average molecular weight is 223 g/mol. The molecule has 0 atom stereocenters. The largest absolute Gasteiger partial charge is 0.377 e. The second-order valence-electron chi connectivity index (χ2n) is 5.93. The van der Waals surface area contributed by atoms with Crippen molar-refractivity contribution in [2.45, 2.75) is 63.5 Å². The monoisotopic (exact) mass is 223 g/mol. The van der Waals surface area contributed by atoms with Gasteiger partial charge in [0, 0.05) is 12.6 Å². The van der Waals surface area contributed by atoms with E-state index in [2.05, 4.69) is 5.32 Å². The lowest BCUT2D eigenvalue weighted by atomic mass is 10.1. The molecule has 1 N–H and O–H groups in total. The third-order valence-electron chi connectivity index (χ3n) is 4.40. The Morgan fingerprint density at radius 2 is 1.56 bits per heavy atom. The maximum atomic E-state index is 5.89. The number of rotatable bonds is 7. The fourth-order valence-electron chi connectivity index (χ4n) is 3.14. The van der Waals surface area contributed by atoms with E-state index in [1.807, 2.05) is 0 Å². The molecule has 3 saturated carbocycles. The lowest BCUT2D eigenvalue weighted by Gasteiger charge is -2.18. The fourth-order valence-corrected chi connectivity index (χ4v) is 3.14. The van der Waals surface area contributed by atoms with Crippen LogP contribution in [0.5, 0.6) is 0 Å². The van der Waals surface area contributed by atoms with Gasteiger partial charge in [-0.3, -0.25) is 0 Å². The Hall–Kier alpha value is -0.0800. The summed E-state index contributed by atoms with van der Waals surface area (Å²) in [6, 6.07) is 0.840. The van der Waals surface area contributed by atoms with Crippen LogP contribution in [-0.4, -0.2) is 25.3 Å². The van der Waals surface area contributed by atoms with Gasteiger partial charge in [0.25, 0.3) is 0 Å². The summed E-state index contributed by atoms with van der Waals surface area (Å²) in [5.41, 5.74) is 0. The van der Waals surface area contributed by atoms with E-state index in [0.29, 0.717) is 6.10 Å². The van der Waals surface area contributed by atoms with Crippen molar-refractivity contribution in [3.63, 3.8) is 0 Å². The minimum Gasteiger partial charge on any atom is -0.377 e. The minimum atomic E-state index is 0.585. The highest BCUT2D eigenvalue weighted by atomic mass is 16.5. The quantitative estimate of drug-likeness (QED) is 0.670. The zero-order valence-electron chi connectivity index (χ0n) is 10.3. The van der Waals surface area contributed by atoms with Gasteiger partial charge in [0.1, 0.15) is 0 Å². The van der Waals surface area contributed by atoms with E-state index in [0.717, 1.165) is 31.0 Å². The lowest BCUT2D eigenvalue weighted by Crippen LogP contribution is -2.36. The maximum Gasteiger partial charge on any atom is 0.0594 e. The van der Waals surface area contributed by atoms with Crippen molar-refractivity contribution in [1.29, 1.82) is 0 Å². The van der Waals surface area contributed by atoms with Crippen LogP contribution in [0.3, 0.4) is 0 Å². The van der Waals surface area contributed by atoms with Gasteiger partial charge in [-0.05, 0) is 50.4 Å². The van der Waals surface area contributed by atoms with Crippen molar-refractivity contribution >= 4 is 0 Å². The Kier molecular flexibility index (Phi) is 3.49. The average Bonchev–Trinajstić information content (AvgIpc) is 3.20. The van der Waals surface area contributed by atoms with Crippen LogP contribution in [0.2, 0.25) is 0 Å². The molecular formula is C14H25NO. The van der Waals surface area contributed by atoms with Crippen LogP contribution in [0.1, 0.15) is 51.4 Å². The van der Waals surface area contributed by atoms with E-state index >= 15 is 0 Å². The molecule has 0 aromatic rings. The lowest BCUT2D eigenvalue weighted by molar-refractivity contribution is 0.0584. The van der Waals surface area contributed by atoms with E-state index in [-0.39, 0.29) is 0 Å². The topological polar surface area (TPSA) is 21.3 Å². The standard InChI is InChI=1S/C14H25NO/c1-2-4-13(3-1)16-10-9-15-14(11-5-6-11)12-7-8-12/h11-15H,1-10H2. The summed E-state index contributed by atoms with van der Waals surface area (Å²) in [6.45, 7) is 2.01. The van der Waals surface area contributed by atoms with Crippen molar-refractivity contribution < 1.29 is 4.74 Å². The van der Waals surface area contributed by atoms with Crippen LogP contribution in [0, 0.1) is 11.8 Å². The highest BCUT2D eigenvalue weighted by molar-refractivity contribution is 4.96. The van der Waals surface area contributed by atoms with E-state index in [1.165, 1.54) is 51.4 Å². The third kappa shape index (κ3) is 2.98. The molecule has 0 radical (unpaired) electrons.